The van der Waals surface area contributed by atoms with Crippen molar-refractivity contribution in [3.05, 3.63) is 51.2 Å². The summed E-state index contributed by atoms with van der Waals surface area (Å²) in [6, 6.07) is 8.47. The number of rotatable bonds is 5. The van der Waals surface area contributed by atoms with E-state index in [1.54, 1.807) is 11.3 Å². The number of hydrogen-bond donors (Lipinski definition) is 2. The van der Waals surface area contributed by atoms with E-state index in [9.17, 15) is 9.59 Å². The fraction of sp³-hybridized carbons (Fsp3) is 0.143. The average Bonchev–Trinajstić information content (AvgIpc) is 2.92. The molecule has 1 heterocycles. The minimum atomic E-state index is -0.559. The number of carbonyl (C=O) groups excluding carboxylic acids is 2. The number of thiophene rings is 1. The lowest BCUT2D eigenvalue weighted by Crippen LogP contribution is -2.15. The smallest absolute Gasteiger partial charge is 0.248 e. The maximum Gasteiger partial charge on any atom is 0.248 e. The van der Waals surface area contributed by atoms with E-state index in [0.29, 0.717) is 29.1 Å². The molecule has 0 spiro atoms. The molecule has 0 fully saturated rings. The summed E-state index contributed by atoms with van der Waals surface area (Å²) in [7, 11) is 0. The second-order valence-corrected chi connectivity index (χ2v) is 5.63. The first-order chi connectivity index (χ1) is 9.56. The van der Waals surface area contributed by atoms with Crippen molar-refractivity contribution in [1.29, 1.82) is 0 Å². The summed E-state index contributed by atoms with van der Waals surface area (Å²) in [5.41, 5.74) is 5.90. The number of nitrogens with one attached hydrogen (secondary N) is 1. The van der Waals surface area contributed by atoms with Gasteiger partial charge in [0.25, 0.3) is 0 Å². The molecule has 2 amide bonds. The molecule has 20 heavy (non-hydrogen) atoms. The highest BCUT2D eigenvalue weighted by Gasteiger charge is 2.09. The maximum atomic E-state index is 11.9. The Morgan fingerprint density at radius 3 is 2.75 bits per heavy atom. The molecular formula is C14H13ClN2O2S. The van der Waals surface area contributed by atoms with Crippen LogP contribution in [0, 0.1) is 0 Å². The lowest BCUT2D eigenvalue weighted by molar-refractivity contribution is -0.116. The lowest BCUT2D eigenvalue weighted by atomic mass is 10.2. The van der Waals surface area contributed by atoms with Crippen LogP contribution in [0.3, 0.4) is 0 Å². The van der Waals surface area contributed by atoms with Crippen LogP contribution in [-0.2, 0) is 11.2 Å². The summed E-state index contributed by atoms with van der Waals surface area (Å²) >= 11 is 7.59. The summed E-state index contributed by atoms with van der Waals surface area (Å²) in [5.74, 6) is -0.710. The predicted molar refractivity (Wildman–Crippen MR) is 81.2 cm³/mol. The van der Waals surface area contributed by atoms with Crippen molar-refractivity contribution in [2.75, 3.05) is 5.32 Å². The van der Waals surface area contributed by atoms with Crippen molar-refractivity contribution in [1.82, 2.24) is 0 Å². The zero-order chi connectivity index (χ0) is 14.5. The van der Waals surface area contributed by atoms with E-state index in [1.165, 1.54) is 18.2 Å². The molecule has 2 rings (SSSR count). The first-order valence-corrected chi connectivity index (χ1v) is 7.23. The van der Waals surface area contributed by atoms with Gasteiger partial charge in [-0.2, -0.15) is 0 Å². The molecule has 1 aromatic heterocycles. The summed E-state index contributed by atoms with van der Waals surface area (Å²) in [6.45, 7) is 0. The van der Waals surface area contributed by atoms with Crippen molar-refractivity contribution < 1.29 is 9.59 Å². The predicted octanol–water partition coefficient (Wildman–Crippen LogP) is 3.07. The third-order valence-corrected chi connectivity index (χ3v) is 3.97. The van der Waals surface area contributed by atoms with Crippen molar-refractivity contribution in [3.8, 4) is 0 Å². The molecule has 0 saturated heterocycles. The first-order valence-electron chi connectivity index (χ1n) is 5.98. The van der Waals surface area contributed by atoms with E-state index < -0.39 is 5.91 Å². The van der Waals surface area contributed by atoms with Gasteiger partial charge in [-0.3, -0.25) is 9.59 Å². The molecule has 4 nitrogen and oxygen atoms in total. The first kappa shape index (κ1) is 14.6. The summed E-state index contributed by atoms with van der Waals surface area (Å²) in [4.78, 5) is 24.1. The Morgan fingerprint density at radius 2 is 2.10 bits per heavy atom. The Kier molecular flexibility index (Phi) is 4.76. The van der Waals surface area contributed by atoms with E-state index in [0.717, 1.165) is 4.88 Å². The third-order valence-electron chi connectivity index (χ3n) is 2.70. The standard InChI is InChI=1S/C14H13ClN2O2S/c15-11-5-3-9(14(16)19)8-12(11)17-13(18)6-4-10-2-1-7-20-10/h1-3,5,7-8H,4,6H2,(H2,16,19)(H,17,18). The second-order valence-electron chi connectivity index (χ2n) is 4.19. The number of benzene rings is 1. The van der Waals surface area contributed by atoms with Crippen molar-refractivity contribution >= 4 is 40.4 Å². The monoisotopic (exact) mass is 308 g/mol. The Labute approximate surface area is 125 Å². The third kappa shape index (κ3) is 3.82. The second kappa shape index (κ2) is 6.54. The topological polar surface area (TPSA) is 72.2 Å². The van der Waals surface area contributed by atoms with E-state index in [1.807, 2.05) is 17.5 Å². The van der Waals surface area contributed by atoms with E-state index in [2.05, 4.69) is 5.32 Å². The maximum absolute atomic E-state index is 11.9. The van der Waals surface area contributed by atoms with Crippen LogP contribution >= 0.6 is 22.9 Å². The van der Waals surface area contributed by atoms with Gasteiger partial charge in [0.1, 0.15) is 0 Å². The Bertz CT molecular complexity index is 626. The van der Waals surface area contributed by atoms with Gasteiger partial charge in [-0.25, -0.2) is 0 Å². The number of amides is 2. The van der Waals surface area contributed by atoms with Crippen LogP contribution in [0.4, 0.5) is 5.69 Å². The van der Waals surface area contributed by atoms with Gasteiger partial charge < -0.3 is 11.1 Å². The molecule has 2 aromatic rings. The average molecular weight is 309 g/mol. The molecule has 104 valence electrons. The van der Waals surface area contributed by atoms with Crippen LogP contribution in [0.1, 0.15) is 21.7 Å². The van der Waals surface area contributed by atoms with Crippen LogP contribution in [-0.4, -0.2) is 11.8 Å². The summed E-state index contributed by atoms with van der Waals surface area (Å²) < 4.78 is 0. The number of aryl methyl sites for hydroxylation is 1. The van der Waals surface area contributed by atoms with Gasteiger partial charge in [-0.05, 0) is 36.1 Å². The minimum absolute atomic E-state index is 0.151. The zero-order valence-corrected chi connectivity index (χ0v) is 12.1. The molecule has 0 aliphatic heterocycles. The number of primary amides is 1. The van der Waals surface area contributed by atoms with E-state index >= 15 is 0 Å². The normalized spacial score (nSPS) is 10.2. The number of hydrogen-bond acceptors (Lipinski definition) is 3. The number of nitrogens with two attached hydrogens (primary N) is 1. The number of anilines is 1. The van der Waals surface area contributed by atoms with E-state index in [4.69, 9.17) is 17.3 Å². The van der Waals surface area contributed by atoms with Gasteiger partial charge in [-0.1, -0.05) is 17.7 Å². The molecule has 0 aliphatic carbocycles. The number of halogens is 1. The lowest BCUT2D eigenvalue weighted by Gasteiger charge is -2.08. The van der Waals surface area contributed by atoms with Crippen molar-refractivity contribution in [3.63, 3.8) is 0 Å². The largest absolute Gasteiger partial charge is 0.366 e. The highest BCUT2D eigenvalue weighted by atomic mass is 35.5. The summed E-state index contributed by atoms with van der Waals surface area (Å²) in [5, 5.41) is 5.04. The molecule has 0 atom stereocenters. The molecule has 0 aliphatic rings. The van der Waals surface area contributed by atoms with E-state index in [-0.39, 0.29) is 5.91 Å². The van der Waals surface area contributed by atoms with Gasteiger partial charge in [-0.15, -0.1) is 11.3 Å². The molecule has 1 aromatic carbocycles. The highest BCUT2D eigenvalue weighted by Crippen LogP contribution is 2.23. The molecule has 0 saturated carbocycles. The zero-order valence-electron chi connectivity index (χ0n) is 10.6. The van der Waals surface area contributed by atoms with Crippen LogP contribution in [0.5, 0.6) is 0 Å². The Hall–Kier alpha value is -1.85. The fourth-order valence-electron chi connectivity index (χ4n) is 1.68. The highest BCUT2D eigenvalue weighted by molar-refractivity contribution is 7.09. The van der Waals surface area contributed by atoms with Gasteiger partial charge in [0.05, 0.1) is 10.7 Å². The summed E-state index contributed by atoms with van der Waals surface area (Å²) in [6.07, 6.45) is 1.04. The quantitative estimate of drug-likeness (QED) is 0.891. The van der Waals surface area contributed by atoms with Gasteiger partial charge in [0, 0.05) is 16.9 Å². The van der Waals surface area contributed by atoms with Gasteiger partial charge in [0.2, 0.25) is 11.8 Å². The van der Waals surface area contributed by atoms with Crippen molar-refractivity contribution in [2.24, 2.45) is 5.73 Å². The van der Waals surface area contributed by atoms with Crippen LogP contribution in [0.2, 0.25) is 5.02 Å². The fourth-order valence-corrected chi connectivity index (χ4v) is 2.55. The van der Waals surface area contributed by atoms with Crippen molar-refractivity contribution in [2.45, 2.75) is 12.8 Å². The Morgan fingerprint density at radius 1 is 1.30 bits per heavy atom. The van der Waals surface area contributed by atoms with Crippen LogP contribution in [0.25, 0.3) is 0 Å². The molecule has 6 heteroatoms. The number of carbonyl (C=O) groups is 2. The molecule has 0 radical (unpaired) electrons. The molecule has 3 N–H and O–H groups in total. The van der Waals surface area contributed by atoms with Gasteiger partial charge >= 0.3 is 0 Å². The van der Waals surface area contributed by atoms with Crippen LogP contribution < -0.4 is 11.1 Å². The SMILES string of the molecule is NC(=O)c1ccc(Cl)c(NC(=O)CCc2cccs2)c1. The molecular weight excluding hydrogens is 296 g/mol. The molecule has 0 bridgehead atoms. The minimum Gasteiger partial charge on any atom is -0.366 e. The molecule has 0 unspecified atom stereocenters. The van der Waals surface area contributed by atoms with Crippen LogP contribution in [0.15, 0.2) is 35.7 Å². The van der Waals surface area contributed by atoms with Gasteiger partial charge in [0.15, 0.2) is 0 Å². The Balaban J connectivity index is 2.00.